The summed E-state index contributed by atoms with van der Waals surface area (Å²) >= 11 is 0. The number of aromatic nitrogens is 2. The topological polar surface area (TPSA) is 96.5 Å². The summed E-state index contributed by atoms with van der Waals surface area (Å²) in [6, 6.07) is 12.3. The Morgan fingerprint density at radius 2 is 1.96 bits per heavy atom. The van der Waals surface area contributed by atoms with Gasteiger partial charge in [0, 0.05) is 13.1 Å². The third-order valence-corrected chi connectivity index (χ3v) is 3.79. The van der Waals surface area contributed by atoms with Crippen molar-refractivity contribution in [2.24, 2.45) is 0 Å². The molecule has 0 bridgehead atoms. The summed E-state index contributed by atoms with van der Waals surface area (Å²) in [6.07, 6.45) is 1.59. The van der Waals surface area contributed by atoms with Crippen LogP contribution in [-0.2, 0) is 21.0 Å². The number of fused-ring (bicyclic) bond motifs is 1. The van der Waals surface area contributed by atoms with E-state index in [1.54, 1.807) is 47.2 Å². The van der Waals surface area contributed by atoms with Crippen LogP contribution in [-0.4, -0.2) is 33.7 Å². The quantitative estimate of drug-likeness (QED) is 0.279. The van der Waals surface area contributed by atoms with Crippen molar-refractivity contribution in [2.75, 3.05) is 13.2 Å². The lowest BCUT2D eigenvalue weighted by Crippen LogP contribution is -2.11. The Morgan fingerprint density at radius 3 is 2.65 bits per heavy atom. The number of ether oxygens (including phenoxy) is 2. The highest BCUT2D eigenvalue weighted by atomic mass is 16.6. The molecule has 0 aliphatic carbocycles. The average molecular weight is 355 g/mol. The van der Waals surface area contributed by atoms with E-state index >= 15 is 0 Å². The fourth-order valence-corrected chi connectivity index (χ4v) is 2.77. The highest BCUT2D eigenvalue weighted by Crippen LogP contribution is 2.38. The molecule has 134 valence electrons. The second-order valence-corrected chi connectivity index (χ2v) is 5.49. The van der Waals surface area contributed by atoms with E-state index in [1.165, 1.54) is 6.92 Å². The number of hydrogen-bond acceptors (Lipinski definition) is 6. The Kier molecular flexibility index (Phi) is 5.23. The standard InChI is InChI=1S/C18H17N3O5/c1-13(22)26-11-10-25-12-20-16-8-3-2-6-14(16)17(21(23)24)18(20)15-7-4-5-9-19-15/h2-9H,10-12H2,1H3. The maximum Gasteiger partial charge on any atom is 0.304 e. The van der Waals surface area contributed by atoms with Crippen LogP contribution in [0, 0.1) is 10.1 Å². The second-order valence-electron chi connectivity index (χ2n) is 5.49. The van der Waals surface area contributed by atoms with Gasteiger partial charge in [0.1, 0.15) is 19.0 Å². The highest BCUT2D eigenvalue weighted by Gasteiger charge is 2.27. The number of esters is 1. The van der Waals surface area contributed by atoms with Crippen LogP contribution in [0.2, 0.25) is 0 Å². The molecule has 26 heavy (non-hydrogen) atoms. The molecule has 0 saturated carbocycles. The number of carbonyl (C=O) groups is 1. The molecule has 3 aromatic rings. The van der Waals surface area contributed by atoms with Crippen molar-refractivity contribution in [1.29, 1.82) is 0 Å². The fraction of sp³-hybridized carbons (Fsp3) is 0.222. The van der Waals surface area contributed by atoms with Gasteiger partial charge in [0.2, 0.25) is 0 Å². The van der Waals surface area contributed by atoms with E-state index in [4.69, 9.17) is 9.47 Å². The van der Waals surface area contributed by atoms with Crippen LogP contribution in [0.1, 0.15) is 6.92 Å². The zero-order valence-electron chi connectivity index (χ0n) is 14.1. The molecule has 3 rings (SSSR count). The first-order chi connectivity index (χ1) is 12.6. The summed E-state index contributed by atoms with van der Waals surface area (Å²) in [5.74, 6) is -0.384. The third kappa shape index (κ3) is 3.55. The molecule has 0 atom stereocenters. The van der Waals surface area contributed by atoms with Gasteiger partial charge < -0.3 is 14.0 Å². The van der Waals surface area contributed by atoms with Gasteiger partial charge in [-0.25, -0.2) is 0 Å². The zero-order valence-corrected chi connectivity index (χ0v) is 14.1. The van der Waals surface area contributed by atoms with Gasteiger partial charge in [-0.1, -0.05) is 18.2 Å². The summed E-state index contributed by atoms with van der Waals surface area (Å²) < 4.78 is 12.1. The van der Waals surface area contributed by atoms with Gasteiger partial charge in [-0.2, -0.15) is 0 Å². The predicted molar refractivity (Wildman–Crippen MR) is 94.4 cm³/mol. The van der Waals surface area contributed by atoms with Crippen molar-refractivity contribution in [2.45, 2.75) is 13.7 Å². The molecule has 0 amide bonds. The highest BCUT2D eigenvalue weighted by molar-refractivity contribution is 5.97. The van der Waals surface area contributed by atoms with Crippen molar-refractivity contribution in [3.05, 3.63) is 58.8 Å². The van der Waals surface area contributed by atoms with Crippen LogP contribution in [0.4, 0.5) is 5.69 Å². The Balaban J connectivity index is 2.02. The van der Waals surface area contributed by atoms with Crippen LogP contribution in [0.25, 0.3) is 22.3 Å². The lowest BCUT2D eigenvalue weighted by Gasteiger charge is -2.10. The number of para-hydroxylation sites is 1. The monoisotopic (exact) mass is 355 g/mol. The molecule has 8 heteroatoms. The van der Waals surface area contributed by atoms with Gasteiger partial charge in [0.05, 0.1) is 28.1 Å². The molecule has 1 aromatic carbocycles. The Hall–Kier alpha value is -3.26. The summed E-state index contributed by atoms with van der Waals surface area (Å²) in [7, 11) is 0. The molecule has 8 nitrogen and oxygen atoms in total. The molecule has 2 heterocycles. The molecule has 0 saturated heterocycles. The fourth-order valence-electron chi connectivity index (χ4n) is 2.77. The molecule has 0 radical (unpaired) electrons. The molecule has 0 aliphatic rings. The van der Waals surface area contributed by atoms with Crippen LogP contribution in [0.15, 0.2) is 48.7 Å². The Bertz CT molecular complexity index is 937. The third-order valence-electron chi connectivity index (χ3n) is 3.79. The smallest absolute Gasteiger partial charge is 0.304 e. The van der Waals surface area contributed by atoms with Crippen LogP contribution >= 0.6 is 0 Å². The van der Waals surface area contributed by atoms with Gasteiger partial charge in [0.15, 0.2) is 0 Å². The Morgan fingerprint density at radius 1 is 1.19 bits per heavy atom. The van der Waals surface area contributed by atoms with Gasteiger partial charge in [-0.15, -0.1) is 0 Å². The van der Waals surface area contributed by atoms with Gasteiger partial charge in [-0.05, 0) is 24.3 Å². The largest absolute Gasteiger partial charge is 0.463 e. The van der Waals surface area contributed by atoms with Crippen molar-refractivity contribution in [3.63, 3.8) is 0 Å². The summed E-state index contributed by atoms with van der Waals surface area (Å²) in [5, 5.41) is 12.3. The maximum absolute atomic E-state index is 11.7. The molecule has 0 spiro atoms. The minimum absolute atomic E-state index is 0.0112. The number of nitro groups is 1. The first-order valence-electron chi connectivity index (χ1n) is 7.97. The van der Waals surface area contributed by atoms with E-state index in [2.05, 4.69) is 4.98 Å². The van der Waals surface area contributed by atoms with Gasteiger partial charge in [-0.3, -0.25) is 19.9 Å². The van der Waals surface area contributed by atoms with Crippen molar-refractivity contribution >= 4 is 22.6 Å². The Labute approximate surface area is 149 Å². The lowest BCUT2D eigenvalue weighted by molar-refractivity contribution is -0.382. The summed E-state index contributed by atoms with van der Waals surface area (Å²) in [5.41, 5.74) is 1.53. The van der Waals surface area contributed by atoms with Crippen LogP contribution in [0.5, 0.6) is 0 Å². The van der Waals surface area contributed by atoms with Crippen molar-refractivity contribution in [3.8, 4) is 11.4 Å². The number of pyridine rings is 1. The molecule has 0 N–H and O–H groups in total. The number of carbonyl (C=O) groups excluding carboxylic acids is 1. The van der Waals surface area contributed by atoms with Crippen molar-refractivity contribution in [1.82, 2.24) is 9.55 Å². The molecular formula is C18H17N3O5. The number of benzene rings is 1. The zero-order chi connectivity index (χ0) is 18.5. The SMILES string of the molecule is CC(=O)OCCOCn1c(-c2ccccn2)c([N+](=O)[O-])c2ccccc21. The normalized spacial score (nSPS) is 10.8. The number of nitrogens with zero attached hydrogens (tertiary/aromatic N) is 3. The van der Waals surface area contributed by atoms with Crippen LogP contribution < -0.4 is 0 Å². The predicted octanol–water partition coefficient (Wildman–Crippen LogP) is 3.15. The summed E-state index contributed by atoms with van der Waals surface area (Å²) in [6.45, 7) is 1.70. The van der Waals surface area contributed by atoms with E-state index in [-0.39, 0.29) is 31.6 Å². The minimum Gasteiger partial charge on any atom is -0.463 e. The van der Waals surface area contributed by atoms with Crippen molar-refractivity contribution < 1.29 is 19.2 Å². The second kappa shape index (κ2) is 7.75. The number of rotatable bonds is 7. The van der Waals surface area contributed by atoms with E-state index < -0.39 is 4.92 Å². The number of hydrogen-bond donors (Lipinski definition) is 0. The maximum atomic E-state index is 11.7. The molecule has 0 unspecified atom stereocenters. The van der Waals surface area contributed by atoms with E-state index in [0.29, 0.717) is 22.3 Å². The molecule has 0 aliphatic heterocycles. The molecule has 0 fully saturated rings. The summed E-state index contributed by atoms with van der Waals surface area (Å²) in [4.78, 5) is 26.4. The molecular weight excluding hydrogens is 338 g/mol. The first-order valence-corrected chi connectivity index (χ1v) is 7.97. The lowest BCUT2D eigenvalue weighted by atomic mass is 10.2. The van der Waals surface area contributed by atoms with E-state index in [9.17, 15) is 14.9 Å². The average Bonchev–Trinajstić information content (AvgIpc) is 2.96. The van der Waals surface area contributed by atoms with Crippen LogP contribution in [0.3, 0.4) is 0 Å². The first kappa shape index (κ1) is 17.6. The van der Waals surface area contributed by atoms with Gasteiger partial charge >= 0.3 is 11.7 Å². The van der Waals surface area contributed by atoms with E-state index in [1.807, 2.05) is 6.07 Å². The molecule has 2 aromatic heterocycles. The van der Waals surface area contributed by atoms with Gasteiger partial charge in [0.25, 0.3) is 0 Å². The minimum atomic E-state index is -0.401. The van der Waals surface area contributed by atoms with E-state index in [0.717, 1.165) is 0 Å².